The van der Waals surface area contributed by atoms with Crippen LogP contribution in [0.2, 0.25) is 0 Å². The Hall–Kier alpha value is -1.13. The van der Waals surface area contributed by atoms with E-state index in [1.807, 2.05) is 12.1 Å². The van der Waals surface area contributed by atoms with Crippen LogP contribution in [0.25, 0.3) is 0 Å². The van der Waals surface area contributed by atoms with E-state index < -0.39 is 0 Å². The highest BCUT2D eigenvalue weighted by molar-refractivity contribution is 7.80. The molecule has 4 heteroatoms. The normalized spacial score (nSPS) is 20.0. The maximum atomic E-state index is 5.34. The molecule has 19 heavy (non-hydrogen) atoms. The topological polar surface area (TPSA) is 27.3 Å². The number of piperidine rings is 1. The van der Waals surface area contributed by atoms with Crippen LogP contribution in [-0.2, 0) is 0 Å². The van der Waals surface area contributed by atoms with Crippen LogP contribution in [0.5, 0.6) is 0 Å². The van der Waals surface area contributed by atoms with Crippen LogP contribution in [0.15, 0.2) is 24.3 Å². The van der Waals surface area contributed by atoms with Gasteiger partial charge in [0.25, 0.3) is 0 Å². The second-order valence-corrected chi connectivity index (χ2v) is 5.88. The molecule has 0 spiro atoms. The summed E-state index contributed by atoms with van der Waals surface area (Å²) in [4.78, 5) is 2.40. The highest BCUT2D eigenvalue weighted by Gasteiger charge is 2.16. The number of benzene rings is 1. The summed E-state index contributed by atoms with van der Waals surface area (Å²) in [6.07, 6.45) is 2.59. The number of nitrogens with one attached hydrogen (secondary N) is 2. The average Bonchev–Trinajstić information content (AvgIpc) is 2.36. The van der Waals surface area contributed by atoms with E-state index in [0.29, 0.717) is 5.92 Å². The molecule has 1 aromatic rings. The first-order valence-electron chi connectivity index (χ1n) is 6.93. The Balaban J connectivity index is 1.75. The highest BCUT2D eigenvalue weighted by Crippen LogP contribution is 2.14. The van der Waals surface area contributed by atoms with Crippen LogP contribution in [0, 0.1) is 12.8 Å². The van der Waals surface area contributed by atoms with Crippen LogP contribution < -0.4 is 10.6 Å². The number of aryl methyl sites for hydroxylation is 1. The fourth-order valence-electron chi connectivity index (χ4n) is 2.57. The molecular formula is C15H23N3S. The fourth-order valence-corrected chi connectivity index (χ4v) is 2.78. The number of thiocarbonyl (C=S) groups is 1. The fraction of sp³-hybridized carbons (Fsp3) is 0.533. The molecule has 0 radical (unpaired) electrons. The molecular weight excluding hydrogens is 254 g/mol. The zero-order valence-corrected chi connectivity index (χ0v) is 12.6. The lowest BCUT2D eigenvalue weighted by Gasteiger charge is -2.30. The number of nitrogens with zero attached hydrogens (tertiary/aromatic N) is 1. The zero-order chi connectivity index (χ0) is 13.7. The van der Waals surface area contributed by atoms with Gasteiger partial charge in [0.15, 0.2) is 5.11 Å². The molecule has 2 N–H and O–H groups in total. The van der Waals surface area contributed by atoms with E-state index in [2.05, 4.69) is 41.6 Å². The van der Waals surface area contributed by atoms with Gasteiger partial charge in [-0.15, -0.1) is 0 Å². The van der Waals surface area contributed by atoms with Crippen molar-refractivity contribution < 1.29 is 0 Å². The molecule has 1 atom stereocenters. The molecule has 3 nitrogen and oxygen atoms in total. The summed E-state index contributed by atoms with van der Waals surface area (Å²) >= 11 is 5.34. The predicted molar refractivity (Wildman–Crippen MR) is 85.6 cm³/mol. The van der Waals surface area contributed by atoms with Crippen LogP contribution in [0.4, 0.5) is 5.69 Å². The summed E-state index contributed by atoms with van der Waals surface area (Å²) in [6.45, 7) is 5.43. The van der Waals surface area contributed by atoms with Gasteiger partial charge in [0.1, 0.15) is 0 Å². The molecule has 0 saturated carbocycles. The van der Waals surface area contributed by atoms with E-state index in [-0.39, 0.29) is 0 Å². The van der Waals surface area contributed by atoms with E-state index in [4.69, 9.17) is 12.2 Å². The van der Waals surface area contributed by atoms with Crippen molar-refractivity contribution in [3.05, 3.63) is 29.8 Å². The molecule has 1 aromatic carbocycles. The van der Waals surface area contributed by atoms with E-state index in [1.165, 1.54) is 31.5 Å². The predicted octanol–water partition coefficient (Wildman–Crippen LogP) is 2.62. The molecule has 0 amide bonds. The first-order valence-corrected chi connectivity index (χ1v) is 7.34. The minimum Gasteiger partial charge on any atom is -0.362 e. The van der Waals surface area contributed by atoms with Gasteiger partial charge in [-0.1, -0.05) is 12.1 Å². The smallest absolute Gasteiger partial charge is 0.170 e. The Kier molecular flexibility index (Phi) is 5.16. The Morgan fingerprint density at radius 2 is 2.32 bits per heavy atom. The molecule has 0 unspecified atom stereocenters. The molecule has 1 heterocycles. The lowest BCUT2D eigenvalue weighted by atomic mass is 9.99. The highest BCUT2D eigenvalue weighted by atomic mass is 32.1. The number of anilines is 1. The quantitative estimate of drug-likeness (QED) is 0.831. The van der Waals surface area contributed by atoms with Gasteiger partial charge in [0.2, 0.25) is 0 Å². The van der Waals surface area contributed by atoms with Crippen LogP contribution >= 0.6 is 12.2 Å². The van der Waals surface area contributed by atoms with Gasteiger partial charge in [0, 0.05) is 18.8 Å². The first kappa shape index (κ1) is 14.3. The van der Waals surface area contributed by atoms with Crippen molar-refractivity contribution in [2.24, 2.45) is 5.92 Å². The third kappa shape index (κ3) is 4.80. The molecule has 0 bridgehead atoms. The summed E-state index contributed by atoms with van der Waals surface area (Å²) < 4.78 is 0. The summed E-state index contributed by atoms with van der Waals surface area (Å²) in [7, 11) is 2.19. The SMILES string of the molecule is Cc1cccc(NC(=S)NC[C@H]2CCCN(C)C2)c1. The Bertz CT molecular complexity index is 433. The monoisotopic (exact) mass is 277 g/mol. The van der Waals surface area contributed by atoms with Crippen molar-refractivity contribution in [1.82, 2.24) is 10.2 Å². The van der Waals surface area contributed by atoms with Crippen molar-refractivity contribution >= 4 is 23.0 Å². The molecule has 0 aromatic heterocycles. The largest absolute Gasteiger partial charge is 0.362 e. The van der Waals surface area contributed by atoms with Crippen molar-refractivity contribution in [1.29, 1.82) is 0 Å². The van der Waals surface area contributed by atoms with Crippen LogP contribution in [0.3, 0.4) is 0 Å². The minimum atomic E-state index is 0.705. The molecule has 1 aliphatic heterocycles. The van der Waals surface area contributed by atoms with Crippen molar-refractivity contribution in [3.8, 4) is 0 Å². The maximum Gasteiger partial charge on any atom is 0.170 e. The lowest BCUT2D eigenvalue weighted by Crippen LogP contribution is -2.40. The number of likely N-dealkylation sites (tertiary alicyclic amines) is 1. The molecule has 104 valence electrons. The molecule has 1 aliphatic rings. The van der Waals surface area contributed by atoms with Crippen molar-refractivity contribution in [2.45, 2.75) is 19.8 Å². The first-order chi connectivity index (χ1) is 9.13. The van der Waals surface area contributed by atoms with Gasteiger partial charge in [-0.2, -0.15) is 0 Å². The molecule has 2 rings (SSSR count). The molecule has 1 saturated heterocycles. The van der Waals surface area contributed by atoms with E-state index in [9.17, 15) is 0 Å². The van der Waals surface area contributed by atoms with Gasteiger partial charge < -0.3 is 15.5 Å². The van der Waals surface area contributed by atoms with Crippen LogP contribution in [0.1, 0.15) is 18.4 Å². The number of hydrogen-bond donors (Lipinski definition) is 2. The summed E-state index contributed by atoms with van der Waals surface area (Å²) in [6, 6.07) is 8.26. The summed E-state index contributed by atoms with van der Waals surface area (Å²) in [5, 5.41) is 7.30. The van der Waals surface area contributed by atoms with Gasteiger partial charge in [-0.25, -0.2) is 0 Å². The van der Waals surface area contributed by atoms with Gasteiger partial charge in [-0.05, 0) is 69.2 Å². The minimum absolute atomic E-state index is 0.705. The average molecular weight is 277 g/mol. The molecule has 0 aliphatic carbocycles. The third-order valence-electron chi connectivity index (χ3n) is 3.55. The Labute approximate surface area is 121 Å². The van der Waals surface area contributed by atoms with E-state index in [1.54, 1.807) is 0 Å². The second kappa shape index (κ2) is 6.87. The second-order valence-electron chi connectivity index (χ2n) is 5.48. The third-order valence-corrected chi connectivity index (χ3v) is 3.80. The Morgan fingerprint density at radius 3 is 3.05 bits per heavy atom. The van der Waals surface area contributed by atoms with Crippen LogP contribution in [-0.4, -0.2) is 36.7 Å². The van der Waals surface area contributed by atoms with E-state index in [0.717, 1.165) is 17.3 Å². The Morgan fingerprint density at radius 1 is 1.47 bits per heavy atom. The summed E-state index contributed by atoms with van der Waals surface area (Å²) in [5.41, 5.74) is 2.29. The lowest BCUT2D eigenvalue weighted by molar-refractivity contribution is 0.211. The molecule has 1 fully saturated rings. The maximum absolute atomic E-state index is 5.34. The summed E-state index contributed by atoms with van der Waals surface area (Å²) in [5.74, 6) is 0.705. The zero-order valence-electron chi connectivity index (χ0n) is 11.8. The van der Waals surface area contributed by atoms with Gasteiger partial charge in [-0.3, -0.25) is 0 Å². The van der Waals surface area contributed by atoms with Gasteiger partial charge in [0.05, 0.1) is 0 Å². The number of rotatable bonds is 3. The van der Waals surface area contributed by atoms with Crippen molar-refractivity contribution in [2.75, 3.05) is 32.0 Å². The number of hydrogen-bond acceptors (Lipinski definition) is 2. The standard InChI is InChI=1S/C15H23N3S/c1-12-5-3-7-14(9-12)17-15(19)16-10-13-6-4-8-18(2)11-13/h3,5,7,9,13H,4,6,8,10-11H2,1-2H3,(H2,16,17,19)/t13-/m1/s1. The van der Waals surface area contributed by atoms with Crippen molar-refractivity contribution in [3.63, 3.8) is 0 Å². The van der Waals surface area contributed by atoms with E-state index >= 15 is 0 Å². The van der Waals surface area contributed by atoms with Gasteiger partial charge >= 0.3 is 0 Å².